The molecule has 0 aliphatic rings. The fourth-order valence-corrected chi connectivity index (χ4v) is 2.64. The number of benzene rings is 1. The van der Waals surface area contributed by atoms with Crippen LogP contribution in [0.15, 0.2) is 24.3 Å². The Hall–Kier alpha value is -3.37. The molecular formula is C20H32N6O5. The van der Waals surface area contributed by atoms with Crippen LogP contribution in [0.3, 0.4) is 0 Å². The van der Waals surface area contributed by atoms with E-state index in [0.717, 1.165) is 6.42 Å². The van der Waals surface area contributed by atoms with E-state index in [9.17, 15) is 19.7 Å². The number of rotatable bonds is 13. The fourth-order valence-electron chi connectivity index (χ4n) is 2.64. The van der Waals surface area contributed by atoms with Gasteiger partial charge in [-0.15, -0.1) is 0 Å². The van der Waals surface area contributed by atoms with Crippen LogP contribution in [0.2, 0.25) is 0 Å². The van der Waals surface area contributed by atoms with Gasteiger partial charge >= 0.3 is 0 Å². The van der Waals surface area contributed by atoms with E-state index in [1.54, 1.807) is 29.7 Å². The van der Waals surface area contributed by atoms with Crippen LogP contribution in [0, 0.1) is 21.4 Å². The van der Waals surface area contributed by atoms with Gasteiger partial charge in [0.15, 0.2) is 5.03 Å². The normalized spacial score (nSPS) is 11.4. The Morgan fingerprint density at radius 2 is 1.81 bits per heavy atom. The van der Waals surface area contributed by atoms with Crippen LogP contribution < -0.4 is 26.1 Å². The standard InChI is InChI=1S/C20H32N6O5/c1-4-31-16-9-7-15(8-10-16)18(27)24-17(19(28)22-13-11-14(2)3)6-5-12-23-20(21)25-26(29)30/h7-10,14,17H,4-6,11-13H2,1-3H3,(H,22,28)(H,24,27)(H3,21,23,25)/t17-/m0/s1. The lowest BCUT2D eigenvalue weighted by atomic mass is 10.1. The van der Waals surface area contributed by atoms with Crippen LogP contribution in [0.25, 0.3) is 0 Å². The number of nitrogens with zero attached hydrogens (tertiary/aromatic N) is 1. The number of ether oxygens (including phenoxy) is 1. The van der Waals surface area contributed by atoms with E-state index in [4.69, 9.17) is 10.1 Å². The monoisotopic (exact) mass is 436 g/mol. The maximum atomic E-state index is 12.6. The second-order valence-electron chi connectivity index (χ2n) is 7.27. The van der Waals surface area contributed by atoms with Gasteiger partial charge in [-0.2, -0.15) is 0 Å². The van der Waals surface area contributed by atoms with Crippen LogP contribution in [0.1, 0.15) is 50.4 Å². The van der Waals surface area contributed by atoms with Gasteiger partial charge in [0.2, 0.25) is 5.91 Å². The van der Waals surface area contributed by atoms with Crippen molar-refractivity contribution < 1.29 is 19.4 Å². The summed E-state index contributed by atoms with van der Waals surface area (Å²) in [5.74, 6) is -0.0389. The van der Waals surface area contributed by atoms with Gasteiger partial charge in [-0.1, -0.05) is 19.3 Å². The molecule has 0 aromatic heterocycles. The summed E-state index contributed by atoms with van der Waals surface area (Å²) in [5.41, 5.74) is 2.10. The first kappa shape index (κ1) is 25.7. The minimum atomic E-state index is -0.836. The van der Waals surface area contributed by atoms with Crippen LogP contribution >= 0.6 is 0 Å². The smallest absolute Gasteiger partial charge is 0.251 e. The number of carbonyl (C=O) groups excluding carboxylic acids is 2. The molecule has 0 unspecified atom stereocenters. The van der Waals surface area contributed by atoms with E-state index >= 15 is 0 Å². The van der Waals surface area contributed by atoms with Gasteiger partial charge in [-0.05, 0) is 56.4 Å². The first-order valence-corrected chi connectivity index (χ1v) is 10.3. The Balaban J connectivity index is 2.67. The van der Waals surface area contributed by atoms with E-state index < -0.39 is 17.0 Å². The van der Waals surface area contributed by atoms with Gasteiger partial charge < -0.3 is 20.7 Å². The summed E-state index contributed by atoms with van der Waals surface area (Å²) in [5, 5.41) is 25.0. The molecule has 11 nitrogen and oxygen atoms in total. The Bertz CT molecular complexity index is 738. The summed E-state index contributed by atoms with van der Waals surface area (Å²) in [6, 6.07) is 5.85. The zero-order valence-electron chi connectivity index (χ0n) is 18.2. The second kappa shape index (κ2) is 13.8. The Morgan fingerprint density at radius 1 is 1.13 bits per heavy atom. The average Bonchev–Trinajstić information content (AvgIpc) is 2.70. The lowest BCUT2D eigenvalue weighted by Crippen LogP contribution is -2.47. The van der Waals surface area contributed by atoms with Crippen molar-refractivity contribution in [1.29, 1.82) is 5.41 Å². The summed E-state index contributed by atoms with van der Waals surface area (Å²) in [6.45, 7) is 7.23. The predicted molar refractivity (Wildman–Crippen MR) is 116 cm³/mol. The van der Waals surface area contributed by atoms with Crippen molar-refractivity contribution in [2.75, 3.05) is 19.7 Å². The number of guanidine groups is 1. The van der Waals surface area contributed by atoms with Crippen molar-refractivity contribution in [3.05, 3.63) is 39.9 Å². The predicted octanol–water partition coefficient (Wildman–Crippen LogP) is 1.43. The highest BCUT2D eigenvalue weighted by molar-refractivity contribution is 5.97. The Morgan fingerprint density at radius 3 is 2.39 bits per heavy atom. The number of hydrazine groups is 1. The van der Waals surface area contributed by atoms with Gasteiger partial charge in [0.05, 0.1) is 6.61 Å². The largest absolute Gasteiger partial charge is 0.494 e. The highest BCUT2D eigenvalue weighted by Gasteiger charge is 2.21. The van der Waals surface area contributed by atoms with E-state index in [1.165, 1.54) is 0 Å². The summed E-state index contributed by atoms with van der Waals surface area (Å²) < 4.78 is 5.36. The van der Waals surface area contributed by atoms with Gasteiger partial charge in [-0.3, -0.25) is 15.0 Å². The maximum absolute atomic E-state index is 12.6. The summed E-state index contributed by atoms with van der Waals surface area (Å²) in [4.78, 5) is 35.5. The molecule has 31 heavy (non-hydrogen) atoms. The number of hydrogen-bond donors (Lipinski definition) is 5. The van der Waals surface area contributed by atoms with E-state index in [1.807, 2.05) is 6.92 Å². The van der Waals surface area contributed by atoms with Crippen molar-refractivity contribution in [2.24, 2.45) is 5.92 Å². The molecule has 0 radical (unpaired) electrons. The minimum Gasteiger partial charge on any atom is -0.494 e. The Labute approximate surface area is 181 Å². The second-order valence-corrected chi connectivity index (χ2v) is 7.27. The molecule has 5 N–H and O–H groups in total. The first-order chi connectivity index (χ1) is 14.7. The molecule has 11 heteroatoms. The zero-order valence-corrected chi connectivity index (χ0v) is 18.2. The molecule has 0 heterocycles. The molecule has 0 fully saturated rings. The van der Waals surface area contributed by atoms with Gasteiger partial charge in [0, 0.05) is 18.7 Å². The third-order valence-corrected chi connectivity index (χ3v) is 4.24. The van der Waals surface area contributed by atoms with E-state index in [-0.39, 0.29) is 18.4 Å². The van der Waals surface area contributed by atoms with Crippen LogP contribution in [-0.2, 0) is 4.79 Å². The third-order valence-electron chi connectivity index (χ3n) is 4.24. The molecule has 0 aliphatic heterocycles. The molecule has 0 saturated carbocycles. The molecule has 1 atom stereocenters. The molecule has 1 aromatic rings. The molecule has 1 aromatic carbocycles. The molecule has 0 spiro atoms. The van der Waals surface area contributed by atoms with Gasteiger partial charge in [0.25, 0.3) is 11.9 Å². The lowest BCUT2D eigenvalue weighted by Gasteiger charge is -2.19. The minimum absolute atomic E-state index is 0.231. The summed E-state index contributed by atoms with van der Waals surface area (Å²) >= 11 is 0. The SMILES string of the molecule is CCOc1ccc(C(=O)N[C@@H](CCCNC(=N)N[N+](=O)[O-])C(=O)NCCC(C)C)cc1. The van der Waals surface area contributed by atoms with E-state index in [0.29, 0.717) is 43.2 Å². The zero-order chi connectivity index (χ0) is 23.2. The average molecular weight is 437 g/mol. The molecule has 172 valence electrons. The molecule has 1 rings (SSSR count). The number of nitrogens with one attached hydrogen (secondary N) is 5. The van der Waals surface area contributed by atoms with Crippen molar-refractivity contribution in [3.8, 4) is 5.75 Å². The molecule has 0 bridgehead atoms. The quantitative estimate of drug-likeness (QED) is 0.103. The van der Waals surface area contributed by atoms with E-state index in [2.05, 4.69) is 29.8 Å². The molecule has 0 aliphatic carbocycles. The summed E-state index contributed by atoms with van der Waals surface area (Å²) in [7, 11) is 0. The first-order valence-electron chi connectivity index (χ1n) is 10.3. The molecular weight excluding hydrogens is 404 g/mol. The highest BCUT2D eigenvalue weighted by atomic mass is 16.7. The third kappa shape index (κ3) is 10.8. The lowest BCUT2D eigenvalue weighted by molar-refractivity contribution is -0.525. The number of hydrogen-bond acceptors (Lipinski definition) is 6. The number of amides is 2. The van der Waals surface area contributed by atoms with Crippen molar-refractivity contribution >= 4 is 17.8 Å². The number of nitro groups is 1. The fraction of sp³-hybridized carbons (Fsp3) is 0.550. The van der Waals surface area contributed by atoms with Crippen LogP contribution in [0.5, 0.6) is 5.75 Å². The van der Waals surface area contributed by atoms with Crippen LogP contribution in [0.4, 0.5) is 0 Å². The Kier molecular flexibility index (Phi) is 11.4. The van der Waals surface area contributed by atoms with Gasteiger partial charge in [-0.25, -0.2) is 10.1 Å². The molecule has 2 amide bonds. The van der Waals surface area contributed by atoms with Crippen molar-refractivity contribution in [2.45, 2.75) is 46.1 Å². The molecule has 0 saturated heterocycles. The van der Waals surface area contributed by atoms with Crippen LogP contribution in [-0.4, -0.2) is 48.5 Å². The maximum Gasteiger partial charge on any atom is 0.251 e. The van der Waals surface area contributed by atoms with Crippen molar-refractivity contribution in [1.82, 2.24) is 21.4 Å². The van der Waals surface area contributed by atoms with Gasteiger partial charge in [0.1, 0.15) is 11.8 Å². The van der Waals surface area contributed by atoms with Crippen molar-refractivity contribution in [3.63, 3.8) is 0 Å². The number of carbonyl (C=O) groups is 2. The topological polar surface area (TPSA) is 158 Å². The summed E-state index contributed by atoms with van der Waals surface area (Å²) in [6.07, 6.45) is 1.53. The highest BCUT2D eigenvalue weighted by Crippen LogP contribution is 2.12.